The van der Waals surface area contributed by atoms with Crippen LogP contribution in [-0.4, -0.2) is 37.5 Å². The number of nitrogens with one attached hydrogen (secondary N) is 1. The van der Waals surface area contributed by atoms with Crippen molar-refractivity contribution in [3.63, 3.8) is 0 Å². The molecule has 1 aliphatic carbocycles. The predicted molar refractivity (Wildman–Crippen MR) is 113 cm³/mol. The Kier molecular flexibility index (Phi) is 4.87. The van der Waals surface area contributed by atoms with Crippen molar-refractivity contribution in [3.05, 3.63) is 46.5 Å². The predicted octanol–water partition coefficient (Wildman–Crippen LogP) is 2.94. The van der Waals surface area contributed by atoms with E-state index in [1.807, 2.05) is 18.2 Å². The zero-order valence-electron chi connectivity index (χ0n) is 18.1. The summed E-state index contributed by atoms with van der Waals surface area (Å²) in [4.78, 5) is 25.3. The Morgan fingerprint density at radius 2 is 1.88 bits per heavy atom. The number of carbonyl (C=O) groups is 2. The smallest absolute Gasteiger partial charge is 0.310 e. The van der Waals surface area contributed by atoms with Gasteiger partial charge in [-0.3, -0.25) is 9.59 Å². The zero-order valence-corrected chi connectivity index (χ0v) is 18.1. The van der Waals surface area contributed by atoms with E-state index in [0.717, 1.165) is 16.7 Å². The van der Waals surface area contributed by atoms with Crippen LogP contribution >= 0.6 is 0 Å². The first-order valence-electron chi connectivity index (χ1n) is 10.7. The van der Waals surface area contributed by atoms with E-state index in [1.54, 1.807) is 19.9 Å². The molecule has 0 aromatic heterocycles. The van der Waals surface area contributed by atoms with Crippen molar-refractivity contribution in [2.45, 2.75) is 32.2 Å². The van der Waals surface area contributed by atoms with Gasteiger partial charge in [0.25, 0.3) is 0 Å². The number of carbonyl (C=O) groups excluding carboxylic acids is 2. The van der Waals surface area contributed by atoms with Gasteiger partial charge in [-0.1, -0.05) is 13.0 Å². The van der Waals surface area contributed by atoms with Gasteiger partial charge >= 0.3 is 5.97 Å². The average molecular weight is 439 g/mol. The number of hydrogen-bond acceptors (Lipinski definition) is 7. The normalized spacial score (nSPS) is 25.0. The number of amides is 1. The Labute approximate surface area is 185 Å². The Bertz CT molecular complexity index is 1110. The fourth-order valence-electron chi connectivity index (χ4n) is 5.13. The molecule has 2 aliphatic heterocycles. The number of benzene rings is 2. The van der Waals surface area contributed by atoms with E-state index in [1.165, 1.54) is 7.11 Å². The number of aryl methyl sites for hydroxylation is 1. The number of methoxy groups -OCH3 is 1. The van der Waals surface area contributed by atoms with Gasteiger partial charge in [0.15, 0.2) is 23.0 Å². The Morgan fingerprint density at radius 3 is 2.56 bits per heavy atom. The van der Waals surface area contributed by atoms with Gasteiger partial charge in [-0.25, -0.2) is 0 Å². The van der Waals surface area contributed by atoms with Crippen molar-refractivity contribution >= 4 is 11.9 Å². The third-order valence-corrected chi connectivity index (χ3v) is 6.69. The highest BCUT2D eigenvalue weighted by molar-refractivity contribution is 5.80. The molecular formula is C24H25NO7. The molecule has 0 radical (unpaired) electrons. The maximum absolute atomic E-state index is 13.0. The van der Waals surface area contributed by atoms with Crippen molar-refractivity contribution in [3.8, 4) is 23.0 Å². The number of ether oxygens (including phenoxy) is 4. The van der Waals surface area contributed by atoms with Crippen LogP contribution in [0.5, 0.6) is 23.0 Å². The van der Waals surface area contributed by atoms with Crippen LogP contribution in [0.4, 0.5) is 0 Å². The molecule has 0 spiro atoms. The standard InChI is InChI=1S/C24H25NO7/c1-4-19(26)25-22-14-8-17-16(31-10-32-17)7-13(14)20(21-15(22)9-30-24(21)28)12-5-11(2)23(27)18(6-12)29-3/h5-8,15,20-22,27H,4,9-10H2,1-3H3,(H,25,26)/t15-,20?,21-,22+/m0/s1. The molecular weight excluding hydrogens is 414 g/mol. The zero-order chi connectivity index (χ0) is 22.6. The average Bonchev–Trinajstić information content (AvgIpc) is 3.40. The summed E-state index contributed by atoms with van der Waals surface area (Å²) in [5, 5.41) is 13.4. The maximum atomic E-state index is 13.0. The summed E-state index contributed by atoms with van der Waals surface area (Å²) in [6.07, 6.45) is 0.334. The van der Waals surface area contributed by atoms with Gasteiger partial charge in [0.05, 0.1) is 25.7 Å². The number of aromatic hydroxyl groups is 1. The molecule has 168 valence electrons. The van der Waals surface area contributed by atoms with Crippen molar-refractivity contribution in [2.24, 2.45) is 11.8 Å². The van der Waals surface area contributed by atoms with E-state index in [9.17, 15) is 14.7 Å². The summed E-state index contributed by atoms with van der Waals surface area (Å²) in [6.45, 7) is 3.92. The minimum atomic E-state index is -0.501. The van der Waals surface area contributed by atoms with Crippen molar-refractivity contribution < 1.29 is 33.6 Å². The van der Waals surface area contributed by atoms with E-state index < -0.39 is 5.92 Å². The molecule has 0 saturated carbocycles. The monoisotopic (exact) mass is 439 g/mol. The van der Waals surface area contributed by atoms with Gasteiger partial charge in [0.1, 0.15) is 0 Å². The van der Waals surface area contributed by atoms with Gasteiger partial charge < -0.3 is 29.4 Å². The van der Waals surface area contributed by atoms with Crippen molar-refractivity contribution in [1.82, 2.24) is 5.32 Å². The number of fused-ring (bicyclic) bond motifs is 3. The van der Waals surface area contributed by atoms with Crippen LogP contribution in [0, 0.1) is 18.8 Å². The molecule has 2 aromatic rings. The third kappa shape index (κ3) is 3.04. The summed E-state index contributed by atoms with van der Waals surface area (Å²) in [7, 11) is 1.49. The van der Waals surface area contributed by atoms with Gasteiger partial charge in [0, 0.05) is 18.3 Å². The van der Waals surface area contributed by atoms with Gasteiger partial charge in [-0.15, -0.1) is 0 Å². The minimum absolute atomic E-state index is 0.0663. The van der Waals surface area contributed by atoms with Gasteiger partial charge in [-0.2, -0.15) is 0 Å². The lowest BCUT2D eigenvalue weighted by Gasteiger charge is -2.39. The lowest BCUT2D eigenvalue weighted by Crippen LogP contribution is -2.42. The van der Waals surface area contributed by atoms with Crippen LogP contribution in [0.15, 0.2) is 24.3 Å². The van der Waals surface area contributed by atoms with E-state index in [4.69, 9.17) is 18.9 Å². The van der Waals surface area contributed by atoms with Crippen LogP contribution in [0.1, 0.15) is 47.6 Å². The molecule has 1 amide bonds. The first-order valence-corrected chi connectivity index (χ1v) is 10.7. The lowest BCUT2D eigenvalue weighted by molar-refractivity contribution is -0.141. The second kappa shape index (κ2) is 7.62. The molecule has 8 nitrogen and oxygen atoms in total. The van der Waals surface area contributed by atoms with Crippen LogP contribution in [0.2, 0.25) is 0 Å². The second-order valence-electron chi connectivity index (χ2n) is 8.42. The highest BCUT2D eigenvalue weighted by atomic mass is 16.7. The fraction of sp³-hybridized carbons (Fsp3) is 0.417. The Balaban J connectivity index is 1.73. The fourth-order valence-corrected chi connectivity index (χ4v) is 5.13. The molecule has 2 N–H and O–H groups in total. The molecule has 4 atom stereocenters. The second-order valence-corrected chi connectivity index (χ2v) is 8.42. The van der Waals surface area contributed by atoms with Crippen molar-refractivity contribution in [2.75, 3.05) is 20.5 Å². The molecule has 1 fully saturated rings. The molecule has 1 unspecified atom stereocenters. The number of cyclic esters (lactones) is 1. The highest BCUT2D eigenvalue weighted by Gasteiger charge is 2.52. The molecule has 0 bridgehead atoms. The molecule has 1 saturated heterocycles. The quantitative estimate of drug-likeness (QED) is 0.706. The summed E-state index contributed by atoms with van der Waals surface area (Å²) >= 11 is 0. The van der Waals surface area contributed by atoms with Crippen LogP contribution in [-0.2, 0) is 14.3 Å². The lowest BCUT2D eigenvalue weighted by atomic mass is 9.65. The first kappa shape index (κ1) is 20.5. The van der Waals surface area contributed by atoms with Gasteiger partial charge in [-0.05, 0) is 47.4 Å². The number of phenols is 1. The van der Waals surface area contributed by atoms with Crippen LogP contribution < -0.4 is 19.5 Å². The van der Waals surface area contributed by atoms with E-state index in [0.29, 0.717) is 29.2 Å². The SMILES string of the molecule is CCC(=O)N[C@@H]1c2cc3c(cc2C(c2cc(C)c(O)c(OC)c2)[C@H]2C(=O)OC[C@H]12)OCO3. The summed E-state index contributed by atoms with van der Waals surface area (Å²) < 4.78 is 22.1. The molecule has 8 heteroatoms. The van der Waals surface area contributed by atoms with Gasteiger partial charge in [0.2, 0.25) is 12.7 Å². The molecule has 5 rings (SSSR count). The Hall–Kier alpha value is -3.42. The summed E-state index contributed by atoms with van der Waals surface area (Å²) in [5.74, 6) is 0.115. The van der Waals surface area contributed by atoms with Crippen molar-refractivity contribution in [1.29, 1.82) is 0 Å². The van der Waals surface area contributed by atoms with Crippen LogP contribution in [0.3, 0.4) is 0 Å². The third-order valence-electron chi connectivity index (χ3n) is 6.69. The summed E-state index contributed by atoms with van der Waals surface area (Å²) in [6, 6.07) is 7.03. The van der Waals surface area contributed by atoms with E-state index in [2.05, 4.69) is 5.32 Å². The minimum Gasteiger partial charge on any atom is -0.504 e. The number of esters is 1. The maximum Gasteiger partial charge on any atom is 0.310 e. The first-order chi connectivity index (χ1) is 15.4. The van der Waals surface area contributed by atoms with Crippen LogP contribution in [0.25, 0.3) is 0 Å². The molecule has 32 heavy (non-hydrogen) atoms. The largest absolute Gasteiger partial charge is 0.504 e. The number of hydrogen-bond donors (Lipinski definition) is 2. The molecule has 2 heterocycles. The summed E-state index contributed by atoms with van der Waals surface area (Å²) in [5.41, 5.74) is 3.21. The number of rotatable bonds is 4. The highest BCUT2D eigenvalue weighted by Crippen LogP contribution is 2.54. The molecule has 3 aliphatic rings. The number of phenolic OH excluding ortho intramolecular Hbond substituents is 1. The van der Waals surface area contributed by atoms with E-state index >= 15 is 0 Å². The Morgan fingerprint density at radius 1 is 1.16 bits per heavy atom. The van der Waals surface area contributed by atoms with E-state index in [-0.39, 0.29) is 48.9 Å². The molecule has 2 aromatic carbocycles. The topological polar surface area (TPSA) is 103 Å².